The minimum atomic E-state index is 0.181. The van der Waals surface area contributed by atoms with E-state index in [1.165, 1.54) is 62.7 Å². The lowest BCUT2D eigenvalue weighted by Gasteiger charge is -2.31. The Morgan fingerprint density at radius 1 is 1.00 bits per heavy atom. The van der Waals surface area contributed by atoms with E-state index in [4.69, 9.17) is 9.84 Å². The zero-order chi connectivity index (χ0) is 26.7. The Balaban J connectivity index is 0.000000604. The average molecular weight is 574 g/mol. The number of aromatic nitrogens is 1. The van der Waals surface area contributed by atoms with Gasteiger partial charge in [0, 0.05) is 28.5 Å². The minimum absolute atomic E-state index is 0.181. The number of allylic oxidation sites excluding steroid dienone is 1. The van der Waals surface area contributed by atoms with E-state index in [0.717, 1.165) is 35.7 Å². The summed E-state index contributed by atoms with van der Waals surface area (Å²) in [7, 11) is 0. The Bertz CT molecular complexity index is 863. The molecule has 2 atom stereocenters. The topological polar surface area (TPSA) is 45.6 Å². The van der Waals surface area contributed by atoms with E-state index in [9.17, 15) is 0 Å². The first-order chi connectivity index (χ1) is 18.1. The number of aliphatic hydroxyl groups excluding tert-OH is 1. The summed E-state index contributed by atoms with van der Waals surface area (Å²) in [6.07, 6.45) is 20.5. The molecule has 5 heteroatoms. The summed E-state index contributed by atoms with van der Waals surface area (Å²) in [5.74, 6) is 0. The van der Waals surface area contributed by atoms with E-state index >= 15 is 0 Å². The lowest BCUT2D eigenvalue weighted by Crippen LogP contribution is -2.36. The van der Waals surface area contributed by atoms with Gasteiger partial charge >= 0.3 is 0 Å². The standard InChI is InChI=1S/C26H37BrN2O.C6H12O/c1-3-24(14-9-21(2)29-17-7-5-4-6-8-18-29)30-20-22-10-12-23(13-11-22)25-19-28-16-15-26(25)27;1-2-3-4-5-6-7/h10-13,15-16,19,21,24H,3-9,14,17-18,20H2,1-2H3;4-5,7H,2-3,6H2,1H3/b;5-4-. The van der Waals surface area contributed by atoms with Crippen molar-refractivity contribution in [2.75, 3.05) is 19.7 Å². The van der Waals surface area contributed by atoms with E-state index < -0.39 is 0 Å². The SMILES string of the molecule is CCC(CCC(C)N1CCCCCCC1)OCc1ccc(-c2cnccc2Br)cc1.CCC/C=C\CO. The second kappa shape index (κ2) is 19.5. The van der Waals surface area contributed by atoms with Crippen molar-refractivity contribution in [1.29, 1.82) is 0 Å². The number of ether oxygens (including phenoxy) is 1. The van der Waals surface area contributed by atoms with Gasteiger partial charge in [0.2, 0.25) is 0 Å². The van der Waals surface area contributed by atoms with Crippen LogP contribution in [0.5, 0.6) is 0 Å². The fourth-order valence-corrected chi connectivity index (χ4v) is 5.12. The number of nitrogens with zero attached hydrogens (tertiary/aromatic N) is 2. The Labute approximate surface area is 234 Å². The van der Waals surface area contributed by atoms with Crippen LogP contribution < -0.4 is 0 Å². The van der Waals surface area contributed by atoms with Crippen LogP contribution in [0.1, 0.15) is 90.5 Å². The Hall–Kier alpha value is -1.53. The van der Waals surface area contributed by atoms with Gasteiger partial charge in [-0.25, -0.2) is 0 Å². The predicted octanol–water partition coefficient (Wildman–Crippen LogP) is 8.58. The van der Waals surface area contributed by atoms with Crippen molar-refractivity contribution in [3.8, 4) is 11.1 Å². The summed E-state index contributed by atoms with van der Waals surface area (Å²) < 4.78 is 7.36. The van der Waals surface area contributed by atoms with Crippen LogP contribution in [0.4, 0.5) is 0 Å². The van der Waals surface area contributed by atoms with E-state index in [2.05, 4.69) is 70.9 Å². The van der Waals surface area contributed by atoms with Crippen LogP contribution in [0.3, 0.4) is 0 Å². The molecule has 1 aliphatic rings. The first-order valence-corrected chi connectivity index (χ1v) is 15.2. The van der Waals surface area contributed by atoms with Crippen molar-refractivity contribution in [2.24, 2.45) is 0 Å². The quantitative estimate of drug-likeness (QED) is 0.258. The smallest absolute Gasteiger partial charge is 0.0720 e. The highest BCUT2D eigenvalue weighted by Gasteiger charge is 2.17. The van der Waals surface area contributed by atoms with Gasteiger partial charge in [0.05, 0.1) is 19.3 Å². The van der Waals surface area contributed by atoms with Crippen LogP contribution in [0.2, 0.25) is 0 Å². The highest BCUT2D eigenvalue weighted by atomic mass is 79.9. The maximum atomic E-state index is 8.21. The van der Waals surface area contributed by atoms with Crippen LogP contribution in [0.15, 0.2) is 59.4 Å². The second-order valence-electron chi connectivity index (χ2n) is 10.1. The molecule has 1 saturated heterocycles. The van der Waals surface area contributed by atoms with Crippen LogP contribution >= 0.6 is 15.9 Å². The summed E-state index contributed by atoms with van der Waals surface area (Å²) in [5.41, 5.74) is 3.52. The number of hydrogen-bond acceptors (Lipinski definition) is 4. The van der Waals surface area contributed by atoms with E-state index in [1.807, 2.05) is 18.3 Å². The zero-order valence-corrected chi connectivity index (χ0v) is 25.0. The van der Waals surface area contributed by atoms with Gasteiger partial charge in [0.1, 0.15) is 0 Å². The van der Waals surface area contributed by atoms with Crippen molar-refractivity contribution in [1.82, 2.24) is 9.88 Å². The van der Waals surface area contributed by atoms with Crippen molar-refractivity contribution in [3.05, 3.63) is 64.9 Å². The van der Waals surface area contributed by atoms with Crippen molar-refractivity contribution in [2.45, 2.75) is 104 Å². The molecule has 1 fully saturated rings. The lowest BCUT2D eigenvalue weighted by molar-refractivity contribution is 0.0256. The molecule has 3 rings (SSSR count). The van der Waals surface area contributed by atoms with E-state index in [-0.39, 0.29) is 6.61 Å². The highest BCUT2D eigenvalue weighted by molar-refractivity contribution is 9.10. The van der Waals surface area contributed by atoms with Crippen LogP contribution in [0.25, 0.3) is 11.1 Å². The Morgan fingerprint density at radius 3 is 2.32 bits per heavy atom. The molecule has 0 spiro atoms. The molecule has 4 nitrogen and oxygen atoms in total. The van der Waals surface area contributed by atoms with Gasteiger partial charge in [-0.1, -0.05) is 91.9 Å². The third-order valence-corrected chi connectivity index (χ3v) is 7.81. The molecule has 1 aromatic heterocycles. The number of likely N-dealkylation sites (tertiary alicyclic amines) is 1. The Morgan fingerprint density at radius 2 is 1.70 bits per heavy atom. The largest absolute Gasteiger partial charge is 0.392 e. The van der Waals surface area contributed by atoms with Crippen molar-refractivity contribution < 1.29 is 9.84 Å². The molecule has 37 heavy (non-hydrogen) atoms. The van der Waals surface area contributed by atoms with Crippen LogP contribution in [0, 0.1) is 0 Å². The number of pyridine rings is 1. The van der Waals surface area contributed by atoms with Gasteiger partial charge in [-0.3, -0.25) is 4.98 Å². The molecule has 1 aromatic carbocycles. The summed E-state index contributed by atoms with van der Waals surface area (Å²) in [4.78, 5) is 6.94. The number of halogens is 1. The molecule has 2 heterocycles. The predicted molar refractivity (Wildman–Crippen MR) is 161 cm³/mol. The molecule has 0 saturated carbocycles. The second-order valence-corrected chi connectivity index (χ2v) is 10.9. The van der Waals surface area contributed by atoms with Gasteiger partial charge in [-0.15, -0.1) is 0 Å². The molecule has 0 radical (unpaired) electrons. The summed E-state index contributed by atoms with van der Waals surface area (Å²) in [5, 5.41) is 8.21. The molecule has 206 valence electrons. The van der Waals surface area contributed by atoms with Crippen molar-refractivity contribution in [3.63, 3.8) is 0 Å². The molecule has 1 N–H and O–H groups in total. The summed E-state index contributed by atoms with van der Waals surface area (Å²) >= 11 is 3.61. The molecule has 0 bridgehead atoms. The van der Waals surface area contributed by atoms with Gasteiger partial charge in [0.25, 0.3) is 0 Å². The molecular formula is C32H49BrN2O2. The van der Waals surface area contributed by atoms with Crippen LogP contribution in [-0.4, -0.2) is 46.8 Å². The average Bonchev–Trinajstić information content (AvgIpc) is 2.90. The minimum Gasteiger partial charge on any atom is -0.392 e. The van der Waals surface area contributed by atoms with Gasteiger partial charge in [0.15, 0.2) is 0 Å². The number of hydrogen-bond donors (Lipinski definition) is 1. The molecule has 2 aromatic rings. The van der Waals surface area contributed by atoms with Gasteiger partial charge < -0.3 is 14.7 Å². The Kier molecular flexibility index (Phi) is 16.7. The molecular weight excluding hydrogens is 524 g/mol. The lowest BCUT2D eigenvalue weighted by atomic mass is 10.0. The van der Waals surface area contributed by atoms with Crippen LogP contribution in [-0.2, 0) is 11.3 Å². The fourth-order valence-electron chi connectivity index (χ4n) is 4.67. The molecule has 1 aliphatic heterocycles. The third-order valence-electron chi connectivity index (χ3n) is 7.12. The number of unbranched alkanes of at least 4 members (excludes halogenated alkanes) is 1. The van der Waals surface area contributed by atoms with Gasteiger partial charge in [-0.05, 0) is 75.7 Å². The van der Waals surface area contributed by atoms with Crippen molar-refractivity contribution >= 4 is 15.9 Å². The fraction of sp³-hybridized carbons (Fsp3) is 0.594. The molecule has 0 amide bonds. The first kappa shape index (κ1) is 31.7. The summed E-state index contributed by atoms with van der Waals surface area (Å²) in [6.45, 7) is 10.2. The maximum absolute atomic E-state index is 8.21. The first-order valence-electron chi connectivity index (χ1n) is 14.4. The summed E-state index contributed by atoms with van der Waals surface area (Å²) in [6, 6.07) is 11.3. The number of aliphatic hydroxyl groups is 1. The molecule has 0 aliphatic carbocycles. The monoisotopic (exact) mass is 572 g/mol. The molecule has 2 unspecified atom stereocenters. The maximum Gasteiger partial charge on any atom is 0.0720 e. The number of rotatable bonds is 12. The van der Waals surface area contributed by atoms with E-state index in [0.29, 0.717) is 18.8 Å². The normalized spacial score (nSPS) is 16.5. The zero-order valence-electron chi connectivity index (χ0n) is 23.4. The number of benzene rings is 1. The highest BCUT2D eigenvalue weighted by Crippen LogP contribution is 2.27. The third kappa shape index (κ3) is 12.7. The van der Waals surface area contributed by atoms with Gasteiger partial charge in [-0.2, -0.15) is 0 Å². The van der Waals surface area contributed by atoms with E-state index in [1.54, 1.807) is 12.3 Å².